The van der Waals surface area contributed by atoms with E-state index < -0.39 is 5.97 Å². The van der Waals surface area contributed by atoms with E-state index >= 15 is 0 Å². The van der Waals surface area contributed by atoms with Crippen LogP contribution in [0.1, 0.15) is 35.2 Å². The SMILES string of the molecule is CCCn1nc2oc(C(=O)O)c(C)c2c1C. The van der Waals surface area contributed by atoms with E-state index in [0.29, 0.717) is 11.3 Å². The third-order valence-electron chi connectivity index (χ3n) is 2.72. The summed E-state index contributed by atoms with van der Waals surface area (Å²) in [6.07, 6.45) is 0.982. The Balaban J connectivity index is 2.64. The van der Waals surface area contributed by atoms with E-state index in [1.165, 1.54) is 0 Å². The summed E-state index contributed by atoms with van der Waals surface area (Å²) in [4.78, 5) is 10.9. The molecule has 0 aromatic carbocycles. The highest BCUT2D eigenvalue weighted by molar-refractivity contribution is 5.94. The molecule has 0 spiro atoms. The largest absolute Gasteiger partial charge is 0.475 e. The average molecular weight is 222 g/mol. The zero-order valence-corrected chi connectivity index (χ0v) is 9.57. The van der Waals surface area contributed by atoms with Gasteiger partial charge in [-0.15, -0.1) is 5.10 Å². The molecule has 16 heavy (non-hydrogen) atoms. The predicted molar refractivity (Wildman–Crippen MR) is 58.7 cm³/mol. The fraction of sp³-hybridized carbons (Fsp3) is 0.455. The number of carboxylic acid groups (broad SMARTS) is 1. The molecule has 2 aromatic rings. The van der Waals surface area contributed by atoms with E-state index in [2.05, 4.69) is 12.0 Å². The third kappa shape index (κ3) is 1.39. The van der Waals surface area contributed by atoms with Crippen LogP contribution in [0.15, 0.2) is 4.42 Å². The molecule has 0 atom stereocenters. The molecule has 0 radical (unpaired) electrons. The zero-order chi connectivity index (χ0) is 11.9. The van der Waals surface area contributed by atoms with Crippen molar-refractivity contribution in [2.45, 2.75) is 33.7 Å². The van der Waals surface area contributed by atoms with Gasteiger partial charge in [0.25, 0.3) is 0 Å². The number of aryl methyl sites for hydroxylation is 3. The molecular weight excluding hydrogens is 208 g/mol. The van der Waals surface area contributed by atoms with Crippen LogP contribution in [0.25, 0.3) is 11.1 Å². The average Bonchev–Trinajstić information content (AvgIpc) is 2.68. The molecule has 86 valence electrons. The summed E-state index contributed by atoms with van der Waals surface area (Å²) in [6, 6.07) is 0. The molecule has 2 rings (SSSR count). The zero-order valence-electron chi connectivity index (χ0n) is 9.57. The first-order valence-corrected chi connectivity index (χ1v) is 5.26. The number of fused-ring (bicyclic) bond motifs is 1. The fourth-order valence-corrected chi connectivity index (χ4v) is 1.94. The van der Waals surface area contributed by atoms with Crippen LogP contribution in [0.3, 0.4) is 0 Å². The molecule has 0 unspecified atom stereocenters. The lowest BCUT2D eigenvalue weighted by Gasteiger charge is -2.00. The predicted octanol–water partition coefficient (Wildman–Crippen LogP) is 2.35. The number of rotatable bonds is 3. The van der Waals surface area contributed by atoms with Crippen LogP contribution in [-0.2, 0) is 6.54 Å². The lowest BCUT2D eigenvalue weighted by atomic mass is 10.2. The second-order valence-corrected chi connectivity index (χ2v) is 3.85. The first-order chi connectivity index (χ1) is 7.56. The molecule has 0 saturated carbocycles. The molecule has 2 heterocycles. The van der Waals surface area contributed by atoms with Crippen molar-refractivity contribution in [3.63, 3.8) is 0 Å². The van der Waals surface area contributed by atoms with Gasteiger partial charge in [0.1, 0.15) is 0 Å². The summed E-state index contributed by atoms with van der Waals surface area (Å²) in [5.41, 5.74) is 2.04. The van der Waals surface area contributed by atoms with Gasteiger partial charge in [0, 0.05) is 17.8 Å². The Morgan fingerprint density at radius 2 is 2.19 bits per heavy atom. The molecule has 0 amide bonds. The smallest absolute Gasteiger partial charge is 0.372 e. The van der Waals surface area contributed by atoms with Gasteiger partial charge in [-0.25, -0.2) is 4.79 Å². The molecular formula is C11H14N2O3. The fourth-order valence-electron chi connectivity index (χ4n) is 1.94. The van der Waals surface area contributed by atoms with E-state index in [0.717, 1.165) is 24.0 Å². The van der Waals surface area contributed by atoms with Crippen molar-refractivity contribution in [1.82, 2.24) is 9.78 Å². The van der Waals surface area contributed by atoms with Crippen molar-refractivity contribution in [3.05, 3.63) is 17.0 Å². The van der Waals surface area contributed by atoms with E-state index in [1.54, 1.807) is 6.92 Å². The van der Waals surface area contributed by atoms with Crippen LogP contribution in [-0.4, -0.2) is 20.9 Å². The van der Waals surface area contributed by atoms with Gasteiger partial charge in [-0.05, 0) is 20.3 Å². The molecule has 5 heteroatoms. The van der Waals surface area contributed by atoms with Crippen LogP contribution in [0.2, 0.25) is 0 Å². The summed E-state index contributed by atoms with van der Waals surface area (Å²) in [6.45, 7) is 6.57. The maximum Gasteiger partial charge on any atom is 0.372 e. The third-order valence-corrected chi connectivity index (χ3v) is 2.72. The van der Waals surface area contributed by atoms with Gasteiger partial charge in [-0.3, -0.25) is 4.68 Å². The van der Waals surface area contributed by atoms with Crippen molar-refractivity contribution in [2.75, 3.05) is 0 Å². The normalized spacial score (nSPS) is 11.2. The highest BCUT2D eigenvalue weighted by Gasteiger charge is 2.21. The second-order valence-electron chi connectivity index (χ2n) is 3.85. The first kappa shape index (κ1) is 10.7. The van der Waals surface area contributed by atoms with Gasteiger partial charge in [-0.1, -0.05) is 6.92 Å². The Kier molecular flexibility index (Phi) is 2.46. The monoisotopic (exact) mass is 222 g/mol. The van der Waals surface area contributed by atoms with Crippen LogP contribution in [0, 0.1) is 13.8 Å². The number of furan rings is 1. The Morgan fingerprint density at radius 1 is 1.50 bits per heavy atom. The molecule has 0 saturated heterocycles. The highest BCUT2D eigenvalue weighted by Crippen LogP contribution is 2.27. The van der Waals surface area contributed by atoms with Gasteiger partial charge < -0.3 is 9.52 Å². The number of nitrogens with zero attached hydrogens (tertiary/aromatic N) is 2. The minimum absolute atomic E-state index is 0.00996. The molecule has 5 nitrogen and oxygen atoms in total. The summed E-state index contributed by atoms with van der Waals surface area (Å²) in [5.74, 6) is -1.05. The number of aromatic nitrogens is 2. The lowest BCUT2D eigenvalue weighted by molar-refractivity contribution is 0.0663. The topological polar surface area (TPSA) is 68.3 Å². The Morgan fingerprint density at radius 3 is 2.69 bits per heavy atom. The van der Waals surface area contributed by atoms with Crippen molar-refractivity contribution >= 4 is 17.1 Å². The van der Waals surface area contributed by atoms with Crippen LogP contribution < -0.4 is 0 Å². The summed E-state index contributed by atoms with van der Waals surface area (Å²) in [5, 5.41) is 14.0. The molecule has 0 bridgehead atoms. The lowest BCUT2D eigenvalue weighted by Crippen LogP contribution is -2.02. The number of hydrogen-bond donors (Lipinski definition) is 1. The van der Waals surface area contributed by atoms with Crippen molar-refractivity contribution in [2.24, 2.45) is 0 Å². The van der Waals surface area contributed by atoms with E-state index in [4.69, 9.17) is 9.52 Å². The Bertz CT molecular complexity index is 551. The van der Waals surface area contributed by atoms with Gasteiger partial charge >= 0.3 is 5.97 Å². The van der Waals surface area contributed by atoms with Crippen molar-refractivity contribution in [1.29, 1.82) is 0 Å². The van der Waals surface area contributed by atoms with Gasteiger partial charge in [0.15, 0.2) is 0 Å². The van der Waals surface area contributed by atoms with Crippen LogP contribution in [0.4, 0.5) is 0 Å². The standard InChI is InChI=1S/C11H14N2O3/c1-4-5-13-7(3)8-6(2)9(11(14)15)16-10(8)12-13/h4-5H2,1-3H3,(H,14,15). The molecule has 0 aliphatic rings. The molecule has 1 N–H and O–H groups in total. The maximum atomic E-state index is 10.9. The molecule has 2 aromatic heterocycles. The maximum absolute atomic E-state index is 10.9. The minimum Gasteiger partial charge on any atom is -0.475 e. The van der Waals surface area contributed by atoms with E-state index in [-0.39, 0.29) is 5.76 Å². The summed E-state index contributed by atoms with van der Waals surface area (Å²) >= 11 is 0. The minimum atomic E-state index is -1.04. The summed E-state index contributed by atoms with van der Waals surface area (Å²) in [7, 11) is 0. The van der Waals surface area contributed by atoms with Crippen LogP contribution >= 0.6 is 0 Å². The number of aromatic carboxylic acids is 1. The van der Waals surface area contributed by atoms with E-state index in [9.17, 15) is 4.79 Å². The van der Waals surface area contributed by atoms with Gasteiger partial charge in [0.05, 0.1) is 5.39 Å². The van der Waals surface area contributed by atoms with Gasteiger partial charge in [-0.2, -0.15) is 0 Å². The first-order valence-electron chi connectivity index (χ1n) is 5.26. The molecule has 0 aliphatic heterocycles. The van der Waals surface area contributed by atoms with Gasteiger partial charge in [0.2, 0.25) is 11.5 Å². The van der Waals surface area contributed by atoms with E-state index in [1.807, 2.05) is 11.6 Å². The highest BCUT2D eigenvalue weighted by atomic mass is 16.4. The quantitative estimate of drug-likeness (QED) is 0.865. The van der Waals surface area contributed by atoms with Crippen molar-refractivity contribution in [3.8, 4) is 0 Å². The second kappa shape index (κ2) is 3.66. The number of carbonyl (C=O) groups is 1. The van der Waals surface area contributed by atoms with Crippen molar-refractivity contribution < 1.29 is 14.3 Å². The molecule has 0 fully saturated rings. The van der Waals surface area contributed by atoms with Crippen LogP contribution in [0.5, 0.6) is 0 Å². The Labute approximate surface area is 92.7 Å². The number of hydrogen-bond acceptors (Lipinski definition) is 3. The molecule has 0 aliphatic carbocycles. The Hall–Kier alpha value is -1.78. The number of carboxylic acids is 1. The summed E-state index contributed by atoms with van der Waals surface area (Å²) < 4.78 is 7.09.